The summed E-state index contributed by atoms with van der Waals surface area (Å²) < 4.78 is 0. The summed E-state index contributed by atoms with van der Waals surface area (Å²) in [5.74, 6) is 5.28. The molecule has 102 valence electrons. The highest BCUT2D eigenvalue weighted by Crippen LogP contribution is 2.40. The first-order valence-electron chi connectivity index (χ1n) is 6.54. The van der Waals surface area contributed by atoms with E-state index in [0.717, 1.165) is 19.3 Å². The molecule has 1 unspecified atom stereocenters. The Labute approximate surface area is 114 Å². The van der Waals surface area contributed by atoms with Crippen LogP contribution in [-0.2, 0) is 4.84 Å². The number of nitrogens with one attached hydrogen (secondary N) is 2. The first-order chi connectivity index (χ1) is 9.19. The molecule has 19 heavy (non-hydrogen) atoms. The summed E-state index contributed by atoms with van der Waals surface area (Å²) in [7, 11) is 0. The second-order valence-corrected chi connectivity index (χ2v) is 5.10. The SMILES string of the molecule is C/C=C\C=C/NC1(CON)CC2=CCC(=N)C=C2C1. The minimum Gasteiger partial charge on any atom is -0.382 e. The van der Waals surface area contributed by atoms with Crippen LogP contribution in [0.4, 0.5) is 0 Å². The number of allylic oxidation sites excluding steroid dienone is 5. The van der Waals surface area contributed by atoms with E-state index in [4.69, 9.17) is 16.1 Å². The zero-order chi connectivity index (χ0) is 13.7. The molecule has 1 fully saturated rings. The third-order valence-electron chi connectivity index (χ3n) is 3.54. The molecule has 2 aliphatic rings. The van der Waals surface area contributed by atoms with Gasteiger partial charge < -0.3 is 15.6 Å². The average Bonchev–Trinajstić information content (AvgIpc) is 2.73. The maximum Gasteiger partial charge on any atom is 0.0915 e. The molecule has 1 saturated carbocycles. The second kappa shape index (κ2) is 5.99. The Morgan fingerprint density at radius 3 is 2.95 bits per heavy atom. The summed E-state index contributed by atoms with van der Waals surface area (Å²) in [4.78, 5) is 4.90. The van der Waals surface area contributed by atoms with Crippen molar-refractivity contribution in [3.05, 3.63) is 47.7 Å². The second-order valence-electron chi connectivity index (χ2n) is 5.10. The maximum atomic E-state index is 7.74. The van der Waals surface area contributed by atoms with Crippen LogP contribution in [0, 0.1) is 5.41 Å². The van der Waals surface area contributed by atoms with Crippen LogP contribution >= 0.6 is 0 Å². The molecule has 0 spiro atoms. The van der Waals surface area contributed by atoms with E-state index in [1.165, 1.54) is 11.1 Å². The van der Waals surface area contributed by atoms with Crippen LogP contribution in [0.15, 0.2) is 47.7 Å². The van der Waals surface area contributed by atoms with Crippen LogP contribution in [0.3, 0.4) is 0 Å². The van der Waals surface area contributed by atoms with Crippen molar-refractivity contribution in [3.8, 4) is 0 Å². The van der Waals surface area contributed by atoms with Crippen molar-refractivity contribution >= 4 is 5.71 Å². The fraction of sp³-hybridized carbons (Fsp3) is 0.400. The van der Waals surface area contributed by atoms with Gasteiger partial charge >= 0.3 is 0 Å². The molecule has 1 atom stereocenters. The van der Waals surface area contributed by atoms with Crippen LogP contribution < -0.4 is 11.2 Å². The Morgan fingerprint density at radius 2 is 2.21 bits per heavy atom. The van der Waals surface area contributed by atoms with Gasteiger partial charge in [0.25, 0.3) is 0 Å². The van der Waals surface area contributed by atoms with Crippen molar-refractivity contribution in [2.45, 2.75) is 31.7 Å². The lowest BCUT2D eigenvalue weighted by atomic mass is 9.98. The van der Waals surface area contributed by atoms with E-state index in [1.807, 2.05) is 37.4 Å². The highest BCUT2D eigenvalue weighted by molar-refractivity contribution is 5.96. The normalized spacial score (nSPS) is 26.7. The highest BCUT2D eigenvalue weighted by Gasteiger charge is 2.39. The number of rotatable bonds is 5. The predicted molar refractivity (Wildman–Crippen MR) is 77.7 cm³/mol. The Balaban J connectivity index is 2.14. The van der Waals surface area contributed by atoms with Gasteiger partial charge in [0.1, 0.15) is 0 Å². The van der Waals surface area contributed by atoms with Gasteiger partial charge in [0, 0.05) is 12.1 Å². The Morgan fingerprint density at radius 1 is 1.42 bits per heavy atom. The van der Waals surface area contributed by atoms with Gasteiger partial charge in [-0.3, -0.25) is 0 Å². The van der Waals surface area contributed by atoms with Gasteiger partial charge in [-0.1, -0.05) is 18.2 Å². The average molecular weight is 259 g/mol. The van der Waals surface area contributed by atoms with E-state index in [2.05, 4.69) is 11.4 Å². The summed E-state index contributed by atoms with van der Waals surface area (Å²) in [6.07, 6.45) is 14.4. The van der Waals surface area contributed by atoms with Crippen molar-refractivity contribution in [1.29, 1.82) is 5.41 Å². The number of fused-ring (bicyclic) bond motifs is 1. The monoisotopic (exact) mass is 259 g/mol. The first-order valence-corrected chi connectivity index (χ1v) is 6.54. The fourth-order valence-electron chi connectivity index (χ4n) is 2.66. The molecule has 0 aromatic rings. The minimum absolute atomic E-state index is 0.185. The van der Waals surface area contributed by atoms with E-state index in [1.54, 1.807) is 0 Å². The molecule has 0 radical (unpaired) electrons. The van der Waals surface area contributed by atoms with Gasteiger partial charge in [-0.2, -0.15) is 0 Å². The number of hydrogen-bond acceptors (Lipinski definition) is 4. The highest BCUT2D eigenvalue weighted by atomic mass is 16.6. The molecule has 0 amide bonds. The van der Waals surface area contributed by atoms with E-state index >= 15 is 0 Å². The van der Waals surface area contributed by atoms with E-state index < -0.39 is 0 Å². The zero-order valence-electron chi connectivity index (χ0n) is 11.3. The van der Waals surface area contributed by atoms with Gasteiger partial charge in [0.05, 0.1) is 12.1 Å². The minimum atomic E-state index is -0.185. The Bertz CT molecular complexity index is 474. The largest absolute Gasteiger partial charge is 0.382 e. The quantitative estimate of drug-likeness (QED) is 0.524. The molecule has 4 N–H and O–H groups in total. The Hall–Kier alpha value is -1.65. The van der Waals surface area contributed by atoms with Crippen molar-refractivity contribution < 1.29 is 4.84 Å². The van der Waals surface area contributed by atoms with Gasteiger partial charge in [0.15, 0.2) is 0 Å². The molecular formula is C15H21N3O. The number of hydrogen-bond donors (Lipinski definition) is 3. The van der Waals surface area contributed by atoms with Crippen LogP contribution in [0.1, 0.15) is 26.2 Å². The Kier molecular flexibility index (Phi) is 4.35. The first kappa shape index (κ1) is 13.8. The predicted octanol–water partition coefficient (Wildman–Crippen LogP) is 2.36. The molecular weight excluding hydrogens is 238 g/mol. The van der Waals surface area contributed by atoms with E-state index in [9.17, 15) is 0 Å². The molecule has 2 aliphatic carbocycles. The lowest BCUT2D eigenvalue weighted by Crippen LogP contribution is -2.44. The van der Waals surface area contributed by atoms with Crippen LogP contribution in [0.2, 0.25) is 0 Å². The smallest absolute Gasteiger partial charge is 0.0915 e. The van der Waals surface area contributed by atoms with Gasteiger partial charge in [0.2, 0.25) is 0 Å². The lowest BCUT2D eigenvalue weighted by molar-refractivity contribution is 0.0799. The molecule has 0 aromatic carbocycles. The topological polar surface area (TPSA) is 71.1 Å². The molecule has 0 saturated heterocycles. The molecule has 4 heteroatoms. The number of nitrogens with two attached hydrogens (primary N) is 1. The van der Waals surface area contributed by atoms with Crippen LogP contribution in [0.5, 0.6) is 0 Å². The van der Waals surface area contributed by atoms with E-state index in [-0.39, 0.29) is 5.54 Å². The van der Waals surface area contributed by atoms with Gasteiger partial charge in [-0.05, 0) is 49.3 Å². The third-order valence-corrected chi connectivity index (χ3v) is 3.54. The zero-order valence-corrected chi connectivity index (χ0v) is 11.3. The van der Waals surface area contributed by atoms with Crippen LogP contribution in [0.25, 0.3) is 0 Å². The summed E-state index contributed by atoms with van der Waals surface area (Å²) in [6.45, 7) is 2.43. The molecule has 2 rings (SSSR count). The summed E-state index contributed by atoms with van der Waals surface area (Å²) in [5.41, 5.74) is 3.04. The standard InChI is InChI=1S/C15H21N3O/c1-2-3-4-7-18-15(11-19-17)9-12-5-6-14(16)8-13(12)10-15/h2-5,7-8,16,18H,6,9-11,17H2,1H3/b3-2-,7-4-,16-14?. The fourth-order valence-corrected chi connectivity index (χ4v) is 2.66. The third kappa shape index (κ3) is 3.22. The molecule has 0 aliphatic heterocycles. The molecule has 0 heterocycles. The summed E-state index contributed by atoms with van der Waals surface area (Å²) in [6, 6.07) is 0. The van der Waals surface area contributed by atoms with Crippen molar-refractivity contribution in [3.63, 3.8) is 0 Å². The van der Waals surface area contributed by atoms with Crippen LogP contribution in [-0.4, -0.2) is 17.9 Å². The van der Waals surface area contributed by atoms with E-state index in [0.29, 0.717) is 12.3 Å². The summed E-state index contributed by atoms with van der Waals surface area (Å²) >= 11 is 0. The van der Waals surface area contributed by atoms with Crippen molar-refractivity contribution in [1.82, 2.24) is 5.32 Å². The van der Waals surface area contributed by atoms with Crippen molar-refractivity contribution in [2.24, 2.45) is 5.90 Å². The van der Waals surface area contributed by atoms with Gasteiger partial charge in [-0.15, -0.1) is 0 Å². The lowest BCUT2D eigenvalue weighted by Gasteiger charge is -2.27. The van der Waals surface area contributed by atoms with Gasteiger partial charge in [-0.25, -0.2) is 5.90 Å². The molecule has 0 bridgehead atoms. The molecule has 0 aromatic heterocycles. The van der Waals surface area contributed by atoms with Crippen molar-refractivity contribution in [2.75, 3.05) is 6.61 Å². The maximum absolute atomic E-state index is 7.74. The summed E-state index contributed by atoms with van der Waals surface area (Å²) in [5, 5.41) is 11.2. The molecule has 4 nitrogen and oxygen atoms in total.